The van der Waals surface area contributed by atoms with Gasteiger partial charge in [0, 0.05) is 0 Å². The molecular formula is C29H29BrF17O8P. The molecule has 1 aromatic rings. The van der Waals surface area contributed by atoms with E-state index in [4.69, 9.17) is 37.3 Å². The Kier molecular flexibility index (Phi) is 12.9. The third-order valence-electron chi connectivity index (χ3n) is 8.24. The summed E-state index contributed by atoms with van der Waals surface area (Å²) < 4.78 is 280. The molecule has 27 heteroatoms. The topological polar surface area (TPSA) is 73.8 Å². The van der Waals surface area contributed by atoms with Crippen molar-refractivity contribution in [1.82, 2.24) is 0 Å². The maximum atomic E-state index is 14.9. The van der Waals surface area contributed by atoms with Crippen molar-refractivity contribution < 1.29 is 112 Å². The normalized spacial score (nSPS) is 27.5. The molecule has 3 saturated heterocycles. The SMILES string of the molecule is CC1(C)O[C@H]2[C@@H](O1)[C@@H](COP(OCc1ccccc1)OCC(Br)C(F)(F)C(F)(F)C(F)(F)C(F)(F)C(F)(F)C(F)(F)C(F)(F)C(F)(F)F)O[C@@H]1OC(C)(C)O[C@@H]12. The van der Waals surface area contributed by atoms with Crippen molar-refractivity contribution in [2.24, 2.45) is 0 Å². The summed E-state index contributed by atoms with van der Waals surface area (Å²) in [5.41, 5.74) is 0.333. The lowest BCUT2D eigenvalue weighted by Crippen LogP contribution is -2.75. The molecule has 3 fully saturated rings. The average molecular weight is 939 g/mol. The molecule has 0 N–H and O–H groups in total. The largest absolute Gasteiger partial charge is 0.460 e. The van der Waals surface area contributed by atoms with Crippen LogP contribution in [0.15, 0.2) is 30.3 Å². The van der Waals surface area contributed by atoms with E-state index in [9.17, 15) is 74.6 Å². The summed E-state index contributed by atoms with van der Waals surface area (Å²) in [6.45, 7) is 2.93. The van der Waals surface area contributed by atoms with Crippen LogP contribution in [0.1, 0.15) is 33.3 Å². The zero-order valence-corrected chi connectivity index (χ0v) is 31.0. The van der Waals surface area contributed by atoms with Crippen molar-refractivity contribution in [2.75, 3.05) is 13.2 Å². The summed E-state index contributed by atoms with van der Waals surface area (Å²) in [5.74, 6) is -59.9. The maximum Gasteiger partial charge on any atom is 0.460 e. The van der Waals surface area contributed by atoms with E-state index in [0.29, 0.717) is 5.56 Å². The van der Waals surface area contributed by atoms with Gasteiger partial charge in [0.2, 0.25) is 0 Å². The molecule has 0 saturated carbocycles. The lowest BCUT2D eigenvalue weighted by atomic mass is 9.88. The Bertz CT molecular complexity index is 1520. The second kappa shape index (κ2) is 15.3. The van der Waals surface area contributed by atoms with Gasteiger partial charge in [-0.1, -0.05) is 46.3 Å². The van der Waals surface area contributed by atoms with Gasteiger partial charge in [-0.05, 0) is 33.3 Å². The van der Waals surface area contributed by atoms with Gasteiger partial charge in [0.1, 0.15) is 29.2 Å². The predicted molar refractivity (Wildman–Crippen MR) is 156 cm³/mol. The predicted octanol–water partition coefficient (Wildman–Crippen LogP) is 9.63. The number of ether oxygens (including phenoxy) is 5. The minimum Gasteiger partial charge on any atom is -0.342 e. The Morgan fingerprint density at radius 1 is 0.607 bits per heavy atom. The van der Waals surface area contributed by atoms with Crippen molar-refractivity contribution in [3.05, 3.63) is 35.9 Å². The highest BCUT2D eigenvalue weighted by molar-refractivity contribution is 9.09. The molecule has 3 heterocycles. The van der Waals surface area contributed by atoms with E-state index in [1.165, 1.54) is 38.1 Å². The van der Waals surface area contributed by atoms with Crippen molar-refractivity contribution >= 4 is 24.5 Å². The quantitative estimate of drug-likeness (QED) is 0.0923. The Hall–Kier alpha value is -1.38. The monoisotopic (exact) mass is 938 g/mol. The van der Waals surface area contributed by atoms with E-state index in [1.807, 2.05) is 0 Å². The molecule has 0 aliphatic carbocycles. The van der Waals surface area contributed by atoms with Crippen LogP contribution in [0.3, 0.4) is 0 Å². The van der Waals surface area contributed by atoms with E-state index in [-0.39, 0.29) is 0 Å². The molecular weight excluding hydrogens is 910 g/mol. The van der Waals surface area contributed by atoms with Crippen molar-refractivity contribution in [3.8, 4) is 0 Å². The van der Waals surface area contributed by atoms with Crippen LogP contribution in [-0.2, 0) is 43.9 Å². The molecule has 2 unspecified atom stereocenters. The van der Waals surface area contributed by atoms with Gasteiger partial charge in [-0.2, -0.15) is 74.6 Å². The van der Waals surface area contributed by atoms with Crippen LogP contribution in [0.2, 0.25) is 0 Å². The molecule has 0 bridgehead atoms. The van der Waals surface area contributed by atoms with Crippen LogP contribution in [0.25, 0.3) is 0 Å². The molecule has 56 heavy (non-hydrogen) atoms. The third kappa shape index (κ3) is 8.22. The van der Waals surface area contributed by atoms with Crippen LogP contribution in [0.5, 0.6) is 0 Å². The zero-order valence-electron chi connectivity index (χ0n) is 28.5. The highest BCUT2D eigenvalue weighted by atomic mass is 79.9. The number of halogens is 18. The zero-order chi connectivity index (χ0) is 42.9. The van der Waals surface area contributed by atoms with Gasteiger partial charge in [-0.15, -0.1) is 0 Å². The fraction of sp³-hybridized carbons (Fsp3) is 0.793. The Morgan fingerprint density at radius 2 is 1.07 bits per heavy atom. The van der Waals surface area contributed by atoms with E-state index in [1.54, 1.807) is 35.8 Å². The Labute approximate surface area is 314 Å². The van der Waals surface area contributed by atoms with Gasteiger partial charge in [0.15, 0.2) is 17.9 Å². The number of rotatable bonds is 16. The molecule has 3 aliphatic heterocycles. The van der Waals surface area contributed by atoms with Gasteiger partial charge in [0.05, 0.1) is 19.8 Å². The summed E-state index contributed by atoms with van der Waals surface area (Å²) in [7, 11) is -3.11. The first kappa shape index (κ1) is 47.3. The maximum absolute atomic E-state index is 14.9. The smallest absolute Gasteiger partial charge is 0.342 e. The highest BCUT2D eigenvalue weighted by Crippen LogP contribution is 2.64. The first-order chi connectivity index (χ1) is 25.1. The van der Waals surface area contributed by atoms with Gasteiger partial charge in [-0.25, -0.2) is 0 Å². The number of fused-ring (bicyclic) bond motifs is 3. The molecule has 324 valence electrons. The second-order valence-corrected chi connectivity index (χ2v) is 15.6. The molecule has 4 rings (SSSR count). The number of benzene rings is 1. The lowest BCUT2D eigenvalue weighted by Gasteiger charge is -2.43. The number of alkyl halides is 18. The lowest BCUT2D eigenvalue weighted by molar-refractivity contribution is -0.461. The van der Waals surface area contributed by atoms with E-state index >= 15 is 0 Å². The molecule has 0 amide bonds. The minimum absolute atomic E-state index is 0.333. The first-order valence-electron chi connectivity index (χ1n) is 15.5. The average Bonchev–Trinajstić information content (AvgIpc) is 3.56. The van der Waals surface area contributed by atoms with Crippen LogP contribution >= 0.6 is 24.5 Å². The van der Waals surface area contributed by atoms with Crippen LogP contribution in [-0.4, -0.2) is 108 Å². The molecule has 0 aromatic heterocycles. The molecule has 7 atom stereocenters. The third-order valence-corrected chi connectivity index (χ3v) is 10.1. The van der Waals surface area contributed by atoms with Crippen molar-refractivity contribution in [2.45, 2.75) is 129 Å². The summed E-state index contributed by atoms with van der Waals surface area (Å²) in [4.78, 5) is -3.68. The van der Waals surface area contributed by atoms with Crippen LogP contribution in [0.4, 0.5) is 74.6 Å². The van der Waals surface area contributed by atoms with Crippen LogP contribution in [0, 0.1) is 0 Å². The second-order valence-electron chi connectivity index (χ2n) is 13.3. The van der Waals surface area contributed by atoms with Crippen LogP contribution < -0.4 is 0 Å². The molecule has 0 radical (unpaired) electrons. The minimum atomic E-state index is -8.75. The Morgan fingerprint density at radius 3 is 1.61 bits per heavy atom. The fourth-order valence-electron chi connectivity index (χ4n) is 5.38. The number of hydrogen-bond acceptors (Lipinski definition) is 8. The van der Waals surface area contributed by atoms with E-state index < -0.39 is 123 Å². The van der Waals surface area contributed by atoms with E-state index in [0.717, 1.165) is 0 Å². The molecule has 3 aliphatic rings. The number of hydrogen-bond donors (Lipinski definition) is 0. The summed E-state index contributed by atoms with van der Waals surface area (Å²) >= 11 is 1.76. The molecule has 0 spiro atoms. The highest BCUT2D eigenvalue weighted by Gasteiger charge is 2.95. The molecule has 1 aromatic carbocycles. The van der Waals surface area contributed by atoms with Crippen molar-refractivity contribution in [1.29, 1.82) is 0 Å². The summed E-state index contributed by atoms with van der Waals surface area (Å²) in [5, 5.41) is 0. The standard InChI is InChI=1S/C29H29BrF17O8P/c1-20(2)52-16-14(51-19-18(17(16)53-20)54-21(3,4)55-19)11-49-56(48-10-13-8-6-5-7-9-13)50-12-15(30)22(31,32)23(33,34)24(35,36)25(37,38)26(39,40)27(41,42)28(43,44)29(45,46)47/h5-9,14-19H,10-12H2,1-4H3/t14-,15?,16+,17+,18-,19-,56?/m1/s1. The summed E-state index contributed by atoms with van der Waals surface area (Å²) in [6, 6.07) is 7.44. The summed E-state index contributed by atoms with van der Waals surface area (Å²) in [6.07, 6.45) is -12.9. The van der Waals surface area contributed by atoms with E-state index in [2.05, 4.69) is 0 Å². The van der Waals surface area contributed by atoms with Gasteiger partial charge in [-0.3, -0.25) is 0 Å². The van der Waals surface area contributed by atoms with Gasteiger partial charge < -0.3 is 37.3 Å². The van der Waals surface area contributed by atoms with Gasteiger partial charge in [0.25, 0.3) is 0 Å². The fourth-order valence-corrected chi connectivity index (χ4v) is 7.02. The van der Waals surface area contributed by atoms with Crippen molar-refractivity contribution in [3.63, 3.8) is 0 Å². The first-order valence-corrected chi connectivity index (χ1v) is 17.5. The van der Waals surface area contributed by atoms with Gasteiger partial charge >= 0.3 is 56.2 Å². The Balaban J connectivity index is 1.55. The molecule has 8 nitrogen and oxygen atoms in total.